The Bertz CT molecular complexity index is 1090. The maximum atomic E-state index is 15.1. The van der Waals surface area contributed by atoms with Crippen molar-refractivity contribution in [3.05, 3.63) is 23.8 Å². The second-order valence-electron chi connectivity index (χ2n) is 9.35. The van der Waals surface area contributed by atoms with Crippen molar-refractivity contribution in [1.29, 1.82) is 0 Å². The molecule has 4 rings (SSSR count). The van der Waals surface area contributed by atoms with E-state index in [1.54, 1.807) is 4.90 Å². The number of rotatable bonds is 10. The van der Waals surface area contributed by atoms with Crippen LogP contribution in [0.5, 0.6) is 0 Å². The van der Waals surface area contributed by atoms with Crippen molar-refractivity contribution in [2.24, 2.45) is 17.8 Å². The van der Waals surface area contributed by atoms with Crippen molar-refractivity contribution < 1.29 is 37.4 Å². The van der Waals surface area contributed by atoms with Crippen molar-refractivity contribution in [2.45, 2.75) is 24.8 Å². The molecule has 0 spiro atoms. The van der Waals surface area contributed by atoms with Crippen LogP contribution in [0.2, 0.25) is 0 Å². The zero-order valence-electron chi connectivity index (χ0n) is 20.8. The minimum atomic E-state index is -1.28. The van der Waals surface area contributed by atoms with E-state index in [1.165, 1.54) is 4.90 Å². The third-order valence-electron chi connectivity index (χ3n) is 7.13. The van der Waals surface area contributed by atoms with E-state index < -0.39 is 46.5 Å². The highest BCUT2D eigenvalue weighted by Crippen LogP contribution is 2.53. The van der Waals surface area contributed by atoms with E-state index in [0.717, 1.165) is 17.0 Å². The third kappa shape index (κ3) is 5.75. The van der Waals surface area contributed by atoms with Gasteiger partial charge in [0.05, 0.1) is 24.7 Å². The van der Waals surface area contributed by atoms with Crippen LogP contribution in [-0.4, -0.2) is 85.6 Å². The van der Waals surface area contributed by atoms with Crippen LogP contribution in [0.1, 0.15) is 13.8 Å². The van der Waals surface area contributed by atoms with Gasteiger partial charge in [0.25, 0.3) is 11.8 Å². The minimum Gasteiger partial charge on any atom is -0.455 e. The number of alkyl halides is 2. The van der Waals surface area contributed by atoms with E-state index in [0.29, 0.717) is 13.1 Å². The lowest BCUT2D eigenvalue weighted by Gasteiger charge is -2.24. The smallest absolute Gasteiger partial charge is 0.414 e. The molecule has 10 nitrogen and oxygen atoms in total. The molecule has 3 amide bonds. The number of nitrogens with zero attached hydrogens (tertiary/aromatic N) is 3. The third-order valence-corrected chi connectivity index (χ3v) is 7.52. The first kappa shape index (κ1) is 28.2. The maximum Gasteiger partial charge on any atom is 0.414 e. The Morgan fingerprint density at radius 3 is 2.29 bits per heavy atom. The van der Waals surface area contributed by atoms with Gasteiger partial charge in [-0.2, -0.15) is 0 Å². The topological polar surface area (TPSA) is 108 Å². The van der Waals surface area contributed by atoms with E-state index in [1.807, 2.05) is 13.8 Å². The molecule has 1 saturated carbocycles. The van der Waals surface area contributed by atoms with Gasteiger partial charge in [0, 0.05) is 38.3 Å². The number of carbonyl (C=O) groups excluding carboxylic acids is 4. The summed E-state index contributed by atoms with van der Waals surface area (Å²) < 4.78 is 40.4. The molecule has 4 atom stereocenters. The monoisotopic (exact) mass is 576 g/mol. The molecule has 1 aromatic carbocycles. The molecule has 3 fully saturated rings. The van der Waals surface area contributed by atoms with Crippen LogP contribution in [0.15, 0.2) is 12.1 Å². The van der Waals surface area contributed by atoms with Gasteiger partial charge in [0.2, 0.25) is 0 Å². The lowest BCUT2D eigenvalue weighted by atomic mass is 10.2. The predicted molar refractivity (Wildman–Crippen MR) is 134 cm³/mol. The number of hydrogen-bond acceptors (Lipinski definition) is 7. The summed E-state index contributed by atoms with van der Waals surface area (Å²) in [6.07, 6.45) is -1.57. The summed E-state index contributed by atoms with van der Waals surface area (Å²) in [5.74, 6) is -3.74. The first-order valence-electron chi connectivity index (χ1n) is 12.3. The lowest BCUT2D eigenvalue weighted by Crippen LogP contribution is -2.37. The fraction of sp³-hybridized carbons (Fsp3) is 0.583. The van der Waals surface area contributed by atoms with Crippen LogP contribution in [-0.2, 0) is 23.9 Å². The summed E-state index contributed by atoms with van der Waals surface area (Å²) in [5.41, 5.74) is -0.268. The molecular weight excluding hydrogens is 549 g/mol. The Labute approximate surface area is 228 Å². The molecule has 0 radical (unpaired) electrons. The first-order valence-corrected chi connectivity index (χ1v) is 13.1. The van der Waals surface area contributed by atoms with Crippen molar-refractivity contribution in [1.82, 2.24) is 10.2 Å². The molecule has 1 aromatic rings. The number of likely N-dealkylation sites (N-methyl/N-ethyl adjacent to an activating group) is 1. The van der Waals surface area contributed by atoms with Gasteiger partial charge in [-0.15, -0.1) is 0 Å². The van der Waals surface area contributed by atoms with E-state index in [2.05, 4.69) is 5.32 Å². The highest BCUT2D eigenvalue weighted by molar-refractivity contribution is 6.53. The van der Waals surface area contributed by atoms with E-state index in [-0.39, 0.29) is 61.9 Å². The summed E-state index contributed by atoms with van der Waals surface area (Å²) in [6, 6.07) is 2.09. The van der Waals surface area contributed by atoms with Crippen molar-refractivity contribution in [3.63, 3.8) is 0 Å². The fourth-order valence-corrected chi connectivity index (χ4v) is 5.25. The molecule has 1 aliphatic carbocycles. The molecule has 1 unspecified atom stereocenters. The number of fused-ring (bicyclic) bond motifs is 1. The Kier molecular flexibility index (Phi) is 8.51. The second-order valence-corrected chi connectivity index (χ2v) is 10.4. The number of amides is 3. The van der Waals surface area contributed by atoms with Crippen LogP contribution in [0.3, 0.4) is 0 Å². The number of cyclic esters (lactones) is 1. The highest BCUT2D eigenvalue weighted by atomic mass is 35.5. The first-order chi connectivity index (χ1) is 18.0. The Hall–Kier alpha value is -2.86. The molecule has 208 valence electrons. The van der Waals surface area contributed by atoms with Crippen LogP contribution in [0.25, 0.3) is 0 Å². The average molecular weight is 577 g/mol. The van der Waals surface area contributed by atoms with Gasteiger partial charge in [-0.05, 0) is 25.7 Å². The molecule has 3 aliphatic rings. The molecule has 1 N–H and O–H groups in total. The Morgan fingerprint density at radius 2 is 1.74 bits per heavy atom. The van der Waals surface area contributed by atoms with Gasteiger partial charge in [-0.1, -0.05) is 23.2 Å². The molecule has 0 aromatic heterocycles. The van der Waals surface area contributed by atoms with Gasteiger partial charge in [0.1, 0.15) is 11.8 Å². The number of benzene rings is 1. The predicted octanol–water partition coefficient (Wildman–Crippen LogP) is 2.30. The largest absolute Gasteiger partial charge is 0.455 e. The van der Waals surface area contributed by atoms with Gasteiger partial charge in [0.15, 0.2) is 23.1 Å². The van der Waals surface area contributed by atoms with Gasteiger partial charge in [-0.3, -0.25) is 19.3 Å². The molecule has 14 heteroatoms. The van der Waals surface area contributed by atoms with Crippen LogP contribution >= 0.6 is 23.2 Å². The summed E-state index contributed by atoms with van der Waals surface area (Å²) in [6.45, 7) is 4.81. The summed E-state index contributed by atoms with van der Waals surface area (Å²) in [5, 5.41) is 2.42. The fourth-order valence-electron chi connectivity index (χ4n) is 5.10. The van der Waals surface area contributed by atoms with Crippen LogP contribution in [0, 0.1) is 29.4 Å². The minimum absolute atomic E-state index is 0.0289. The summed E-state index contributed by atoms with van der Waals surface area (Å²) >= 11 is 10.9. The van der Waals surface area contributed by atoms with Crippen molar-refractivity contribution in [2.75, 3.05) is 55.7 Å². The number of ether oxygens (including phenoxy) is 2. The number of esters is 1. The van der Waals surface area contributed by atoms with E-state index >= 15 is 8.78 Å². The van der Waals surface area contributed by atoms with Crippen LogP contribution < -0.4 is 15.1 Å². The standard InChI is InChI=1S/C24H28Cl2F2N4O6/c1-3-30(4-2)18(33)11-37-23(35)19-14-9-31(10-15(14)19)20-16(27)5-12(6-17(20)28)32-8-13(38-24(32)36)7-29-22(34)21(25)26/h5-6,13-15,19,21H,3-4,7-11H2,1-2H3,(H,29,34)/t13-,14-,15+,19?/m0/s1. The number of nitrogens with one attached hydrogen (secondary N) is 1. The number of carbonyl (C=O) groups is 4. The number of halogens is 4. The van der Waals surface area contributed by atoms with E-state index in [4.69, 9.17) is 32.7 Å². The van der Waals surface area contributed by atoms with Crippen molar-refractivity contribution >= 4 is 58.5 Å². The zero-order valence-corrected chi connectivity index (χ0v) is 22.3. The summed E-state index contributed by atoms with van der Waals surface area (Å²) in [7, 11) is 0. The Balaban J connectivity index is 1.32. The van der Waals surface area contributed by atoms with Gasteiger partial charge >= 0.3 is 12.1 Å². The quantitative estimate of drug-likeness (QED) is 0.336. The summed E-state index contributed by atoms with van der Waals surface area (Å²) in [4.78, 5) is 51.1. The second kappa shape index (κ2) is 11.5. The Morgan fingerprint density at radius 1 is 1.13 bits per heavy atom. The number of hydrogen-bond donors (Lipinski definition) is 1. The zero-order chi connectivity index (χ0) is 27.7. The molecule has 2 saturated heterocycles. The molecule has 38 heavy (non-hydrogen) atoms. The lowest BCUT2D eigenvalue weighted by molar-refractivity contribution is -0.153. The normalized spacial score (nSPS) is 23.8. The number of anilines is 2. The molecule has 2 heterocycles. The van der Waals surface area contributed by atoms with Gasteiger partial charge < -0.3 is 24.6 Å². The number of piperidine rings is 1. The van der Waals surface area contributed by atoms with Crippen LogP contribution in [0.4, 0.5) is 25.0 Å². The average Bonchev–Trinajstić information content (AvgIpc) is 3.17. The SMILES string of the molecule is CCN(CC)C(=O)COC(=O)C1[C@H]2CN(c3c(F)cc(N4C[C@H](CNC(=O)C(Cl)Cl)OC4=O)cc3F)C[C@@H]12. The molecule has 2 aliphatic heterocycles. The van der Waals surface area contributed by atoms with Gasteiger partial charge in [-0.25, -0.2) is 13.6 Å². The maximum absolute atomic E-state index is 15.1. The molecular formula is C24H28Cl2F2N4O6. The van der Waals surface area contributed by atoms with E-state index in [9.17, 15) is 19.2 Å². The van der Waals surface area contributed by atoms with Crippen molar-refractivity contribution in [3.8, 4) is 0 Å². The molecule has 0 bridgehead atoms. The highest BCUT2D eigenvalue weighted by Gasteiger charge is 2.61.